The fourth-order valence-corrected chi connectivity index (χ4v) is 3.17. The maximum absolute atomic E-state index is 11.6. The summed E-state index contributed by atoms with van der Waals surface area (Å²) in [5.74, 6) is 0.0996. The molecule has 1 saturated heterocycles. The van der Waals surface area contributed by atoms with Crippen molar-refractivity contribution >= 4 is 17.5 Å². The lowest BCUT2D eigenvalue weighted by molar-refractivity contribution is -0.135. The van der Waals surface area contributed by atoms with Crippen LogP contribution in [0.2, 0.25) is 0 Å². The van der Waals surface area contributed by atoms with Gasteiger partial charge in [0.15, 0.2) is 0 Å². The molecule has 0 saturated carbocycles. The van der Waals surface area contributed by atoms with Crippen molar-refractivity contribution in [3.05, 3.63) is 35.4 Å². The van der Waals surface area contributed by atoms with Crippen LogP contribution in [0.5, 0.6) is 0 Å². The molecule has 0 bridgehead atoms. The number of fused-ring (bicyclic) bond motifs is 2. The zero-order valence-electron chi connectivity index (χ0n) is 10.2. The first kappa shape index (κ1) is 12.0. The SMILES string of the molecule is O=C(CCl)N1CCC2(CC1)OCc1ccccc12. The summed E-state index contributed by atoms with van der Waals surface area (Å²) in [6.45, 7) is 2.17. The summed E-state index contributed by atoms with van der Waals surface area (Å²) in [6.07, 6.45) is 1.74. The summed E-state index contributed by atoms with van der Waals surface area (Å²) in [7, 11) is 0. The number of hydrogen-bond donors (Lipinski definition) is 0. The van der Waals surface area contributed by atoms with Gasteiger partial charge in [0.05, 0.1) is 12.2 Å². The van der Waals surface area contributed by atoms with Crippen LogP contribution < -0.4 is 0 Å². The number of carbonyl (C=O) groups is 1. The molecular weight excluding hydrogens is 250 g/mol. The minimum absolute atomic E-state index is 0.0257. The summed E-state index contributed by atoms with van der Waals surface area (Å²) < 4.78 is 6.04. The van der Waals surface area contributed by atoms with E-state index in [0.717, 1.165) is 25.9 Å². The van der Waals surface area contributed by atoms with Crippen LogP contribution in [0, 0.1) is 0 Å². The van der Waals surface area contributed by atoms with Crippen molar-refractivity contribution < 1.29 is 9.53 Å². The molecule has 1 fully saturated rings. The number of alkyl halides is 1. The number of nitrogens with zero attached hydrogens (tertiary/aromatic N) is 1. The van der Waals surface area contributed by atoms with Crippen LogP contribution in [-0.4, -0.2) is 29.8 Å². The van der Waals surface area contributed by atoms with Gasteiger partial charge in [0, 0.05) is 13.1 Å². The first-order valence-electron chi connectivity index (χ1n) is 6.31. The van der Waals surface area contributed by atoms with Gasteiger partial charge in [0.2, 0.25) is 5.91 Å². The highest BCUT2D eigenvalue weighted by Crippen LogP contribution is 2.43. The van der Waals surface area contributed by atoms with E-state index in [2.05, 4.69) is 18.2 Å². The summed E-state index contributed by atoms with van der Waals surface area (Å²) in [6, 6.07) is 8.39. The van der Waals surface area contributed by atoms with Gasteiger partial charge in [0.25, 0.3) is 0 Å². The van der Waals surface area contributed by atoms with E-state index in [1.54, 1.807) is 0 Å². The Labute approximate surface area is 112 Å². The second kappa shape index (κ2) is 4.56. The Balaban J connectivity index is 1.79. The molecule has 3 rings (SSSR count). The summed E-state index contributed by atoms with van der Waals surface area (Å²) in [5, 5.41) is 0. The van der Waals surface area contributed by atoms with E-state index >= 15 is 0 Å². The van der Waals surface area contributed by atoms with Gasteiger partial charge in [-0.1, -0.05) is 24.3 Å². The van der Waals surface area contributed by atoms with E-state index in [0.29, 0.717) is 6.61 Å². The number of halogens is 1. The maximum Gasteiger partial charge on any atom is 0.237 e. The summed E-state index contributed by atoms with van der Waals surface area (Å²) in [4.78, 5) is 13.4. The van der Waals surface area contributed by atoms with Gasteiger partial charge in [-0.2, -0.15) is 0 Å². The van der Waals surface area contributed by atoms with Gasteiger partial charge in [-0.15, -0.1) is 11.6 Å². The highest BCUT2D eigenvalue weighted by Gasteiger charge is 2.42. The van der Waals surface area contributed by atoms with Crippen molar-refractivity contribution in [2.24, 2.45) is 0 Å². The van der Waals surface area contributed by atoms with E-state index in [9.17, 15) is 4.79 Å². The van der Waals surface area contributed by atoms with Crippen LogP contribution in [0.3, 0.4) is 0 Å². The molecule has 0 aromatic heterocycles. The average Bonchev–Trinajstić information content (AvgIpc) is 2.78. The smallest absolute Gasteiger partial charge is 0.237 e. The number of amides is 1. The Hall–Kier alpha value is -1.06. The number of rotatable bonds is 1. The minimum Gasteiger partial charge on any atom is -0.365 e. The van der Waals surface area contributed by atoms with Crippen molar-refractivity contribution in [1.29, 1.82) is 0 Å². The van der Waals surface area contributed by atoms with Crippen molar-refractivity contribution in [2.75, 3.05) is 19.0 Å². The summed E-state index contributed by atoms with van der Waals surface area (Å²) >= 11 is 5.60. The Morgan fingerprint density at radius 1 is 1.33 bits per heavy atom. The number of likely N-dealkylation sites (tertiary alicyclic amines) is 1. The zero-order valence-corrected chi connectivity index (χ0v) is 10.9. The van der Waals surface area contributed by atoms with Crippen LogP contribution >= 0.6 is 11.6 Å². The molecule has 2 heterocycles. The Bertz CT molecular complexity index is 467. The second-order valence-corrected chi connectivity index (χ2v) is 5.22. The molecule has 2 aliphatic heterocycles. The molecule has 1 aromatic carbocycles. The molecule has 0 unspecified atom stereocenters. The monoisotopic (exact) mass is 265 g/mol. The molecule has 1 aromatic rings. The number of hydrogen-bond acceptors (Lipinski definition) is 2. The van der Waals surface area contributed by atoms with E-state index in [4.69, 9.17) is 16.3 Å². The lowest BCUT2D eigenvalue weighted by atomic mass is 9.84. The first-order valence-corrected chi connectivity index (χ1v) is 6.85. The number of carbonyl (C=O) groups excluding carboxylic acids is 1. The zero-order chi connectivity index (χ0) is 12.6. The van der Waals surface area contributed by atoms with Crippen molar-refractivity contribution in [1.82, 2.24) is 4.90 Å². The molecular formula is C14H16ClNO2. The minimum atomic E-state index is -0.167. The topological polar surface area (TPSA) is 29.5 Å². The standard InChI is InChI=1S/C14H16ClNO2/c15-9-13(17)16-7-5-14(6-8-16)12-4-2-1-3-11(12)10-18-14/h1-4H,5-10H2. The molecule has 1 amide bonds. The highest BCUT2D eigenvalue weighted by atomic mass is 35.5. The molecule has 0 atom stereocenters. The predicted molar refractivity (Wildman–Crippen MR) is 69.4 cm³/mol. The highest BCUT2D eigenvalue weighted by molar-refractivity contribution is 6.27. The first-order chi connectivity index (χ1) is 8.75. The lowest BCUT2D eigenvalue weighted by Gasteiger charge is -2.39. The van der Waals surface area contributed by atoms with E-state index < -0.39 is 0 Å². The largest absolute Gasteiger partial charge is 0.365 e. The average molecular weight is 266 g/mol. The van der Waals surface area contributed by atoms with Gasteiger partial charge in [-0.3, -0.25) is 4.79 Å². The quantitative estimate of drug-likeness (QED) is 0.729. The van der Waals surface area contributed by atoms with E-state index in [1.165, 1.54) is 11.1 Å². The third kappa shape index (κ3) is 1.82. The predicted octanol–water partition coefficient (Wildman–Crippen LogP) is 2.27. The molecule has 3 nitrogen and oxygen atoms in total. The molecule has 1 spiro atoms. The van der Waals surface area contributed by atoms with Crippen LogP contribution in [0.25, 0.3) is 0 Å². The van der Waals surface area contributed by atoms with Gasteiger partial charge < -0.3 is 9.64 Å². The molecule has 4 heteroatoms. The molecule has 96 valence electrons. The number of ether oxygens (including phenoxy) is 1. The lowest BCUT2D eigenvalue weighted by Crippen LogP contribution is -2.45. The molecule has 0 aliphatic carbocycles. The van der Waals surface area contributed by atoms with Crippen molar-refractivity contribution in [2.45, 2.75) is 25.0 Å². The maximum atomic E-state index is 11.6. The number of piperidine rings is 1. The molecule has 0 N–H and O–H groups in total. The Morgan fingerprint density at radius 2 is 2.06 bits per heavy atom. The van der Waals surface area contributed by atoms with Gasteiger partial charge in [0.1, 0.15) is 5.88 Å². The van der Waals surface area contributed by atoms with Crippen LogP contribution in [-0.2, 0) is 21.7 Å². The second-order valence-electron chi connectivity index (χ2n) is 4.95. The van der Waals surface area contributed by atoms with E-state index in [-0.39, 0.29) is 17.4 Å². The van der Waals surface area contributed by atoms with Crippen LogP contribution in [0.15, 0.2) is 24.3 Å². The number of benzene rings is 1. The van der Waals surface area contributed by atoms with Crippen molar-refractivity contribution in [3.8, 4) is 0 Å². The normalized spacial score (nSPS) is 21.1. The molecule has 18 heavy (non-hydrogen) atoms. The van der Waals surface area contributed by atoms with Crippen LogP contribution in [0.1, 0.15) is 24.0 Å². The fourth-order valence-electron chi connectivity index (χ4n) is 3.00. The fraction of sp³-hybridized carbons (Fsp3) is 0.500. The van der Waals surface area contributed by atoms with Gasteiger partial charge in [-0.25, -0.2) is 0 Å². The third-order valence-corrected chi connectivity index (χ3v) is 4.28. The third-order valence-electron chi connectivity index (χ3n) is 4.05. The van der Waals surface area contributed by atoms with Gasteiger partial charge in [-0.05, 0) is 24.0 Å². The van der Waals surface area contributed by atoms with Crippen LogP contribution in [0.4, 0.5) is 0 Å². The Kier molecular flexibility index (Phi) is 3.04. The van der Waals surface area contributed by atoms with Crippen molar-refractivity contribution in [3.63, 3.8) is 0 Å². The Morgan fingerprint density at radius 3 is 2.78 bits per heavy atom. The molecule has 0 radical (unpaired) electrons. The van der Waals surface area contributed by atoms with Gasteiger partial charge >= 0.3 is 0 Å². The molecule has 2 aliphatic rings. The van der Waals surface area contributed by atoms with E-state index in [1.807, 2.05) is 11.0 Å². The summed E-state index contributed by atoms with van der Waals surface area (Å²) in [5.41, 5.74) is 2.43.